The first-order chi connectivity index (χ1) is 10.1. The maximum absolute atomic E-state index is 4.38. The molecule has 0 aliphatic heterocycles. The van der Waals surface area contributed by atoms with Gasteiger partial charge in [-0.05, 0) is 54.1 Å². The monoisotopic (exact) mass is 276 g/mol. The Bertz CT molecular complexity index is 701. The van der Waals surface area contributed by atoms with Crippen molar-refractivity contribution >= 4 is 6.08 Å². The number of hydrogen-bond acceptors (Lipinski definition) is 0. The maximum atomic E-state index is 4.38. The number of aromatic nitrogens is 1. The molecule has 108 valence electrons. The molecular weight excluding hydrogens is 254 g/mol. The van der Waals surface area contributed by atoms with Crippen LogP contribution in [0.4, 0.5) is 0 Å². The van der Waals surface area contributed by atoms with Crippen molar-refractivity contribution in [1.82, 2.24) is 4.98 Å². The zero-order valence-electron chi connectivity index (χ0n) is 13.3. The molecule has 0 radical (unpaired) electrons. The Labute approximate surface area is 127 Å². The maximum Gasteiger partial charge on any atom is -0.00548 e. The summed E-state index contributed by atoms with van der Waals surface area (Å²) in [5.41, 5.74) is 9.49. The van der Waals surface area contributed by atoms with Gasteiger partial charge in [-0.3, -0.25) is 0 Å². The molecule has 0 saturated heterocycles. The van der Waals surface area contributed by atoms with E-state index < -0.39 is 0 Å². The second-order valence-electron chi connectivity index (χ2n) is 6.29. The van der Waals surface area contributed by atoms with Gasteiger partial charge in [0.05, 0.1) is 0 Å². The SMILES string of the molecule is CC1=C2C(=C(C)C/C2=C\c2ccc[n-]2)C=C(C(C)C)C=C1. The predicted octanol–water partition coefficient (Wildman–Crippen LogP) is 5.22. The number of hydrogen-bond donors (Lipinski definition) is 0. The molecule has 0 spiro atoms. The molecule has 0 fully saturated rings. The molecule has 0 saturated carbocycles. The minimum Gasteiger partial charge on any atom is -0.664 e. The summed E-state index contributed by atoms with van der Waals surface area (Å²) in [6.45, 7) is 8.98. The number of nitrogens with zero attached hydrogens (tertiary/aromatic N) is 1. The first-order valence-corrected chi connectivity index (χ1v) is 7.65. The molecule has 0 aromatic carbocycles. The van der Waals surface area contributed by atoms with Gasteiger partial charge in [0.2, 0.25) is 0 Å². The van der Waals surface area contributed by atoms with E-state index in [0.717, 1.165) is 12.1 Å². The molecule has 1 aromatic rings. The van der Waals surface area contributed by atoms with Crippen molar-refractivity contribution in [2.24, 2.45) is 5.92 Å². The lowest BCUT2D eigenvalue weighted by atomic mass is 9.97. The number of allylic oxidation sites excluding steroid dienone is 9. The zero-order valence-corrected chi connectivity index (χ0v) is 13.3. The summed E-state index contributed by atoms with van der Waals surface area (Å²) in [7, 11) is 0. The van der Waals surface area contributed by atoms with Gasteiger partial charge in [0, 0.05) is 0 Å². The van der Waals surface area contributed by atoms with E-state index >= 15 is 0 Å². The van der Waals surface area contributed by atoms with E-state index in [9.17, 15) is 0 Å². The first-order valence-electron chi connectivity index (χ1n) is 7.65. The van der Waals surface area contributed by atoms with Gasteiger partial charge < -0.3 is 4.98 Å². The van der Waals surface area contributed by atoms with Gasteiger partial charge in [0.15, 0.2) is 0 Å². The molecular formula is C20H22N-. The third-order valence-corrected chi connectivity index (χ3v) is 4.30. The fraction of sp³-hybridized carbons (Fsp3) is 0.300. The van der Waals surface area contributed by atoms with Gasteiger partial charge in [-0.1, -0.05) is 55.9 Å². The second kappa shape index (κ2) is 5.40. The third-order valence-electron chi connectivity index (χ3n) is 4.30. The van der Waals surface area contributed by atoms with Crippen LogP contribution in [0.1, 0.15) is 39.8 Å². The van der Waals surface area contributed by atoms with Gasteiger partial charge in [-0.25, -0.2) is 0 Å². The lowest BCUT2D eigenvalue weighted by Crippen LogP contribution is -1.91. The van der Waals surface area contributed by atoms with Crippen LogP contribution in [-0.2, 0) is 0 Å². The molecule has 0 bridgehead atoms. The van der Waals surface area contributed by atoms with Crippen LogP contribution in [0, 0.1) is 5.92 Å². The van der Waals surface area contributed by atoms with Crippen LogP contribution in [0.3, 0.4) is 0 Å². The van der Waals surface area contributed by atoms with Gasteiger partial charge in [0.1, 0.15) is 0 Å². The molecule has 3 rings (SSSR count). The Balaban J connectivity index is 2.09. The summed E-state index contributed by atoms with van der Waals surface area (Å²) in [6, 6.07) is 4.06. The predicted molar refractivity (Wildman–Crippen MR) is 89.8 cm³/mol. The fourth-order valence-corrected chi connectivity index (χ4v) is 3.10. The fourth-order valence-electron chi connectivity index (χ4n) is 3.10. The minimum atomic E-state index is 0.554. The van der Waals surface area contributed by atoms with E-state index in [0.29, 0.717) is 5.92 Å². The minimum absolute atomic E-state index is 0.554. The Kier molecular flexibility index (Phi) is 3.59. The molecule has 1 nitrogen and oxygen atoms in total. The van der Waals surface area contributed by atoms with E-state index in [1.54, 1.807) is 0 Å². The van der Waals surface area contributed by atoms with Crippen LogP contribution in [0.15, 0.2) is 70.0 Å². The standard InChI is InChI=1S/C20H22N/c1-13(2)16-8-7-14(3)20-17(10-15(4)19(20)12-16)11-18-6-5-9-21-18/h5-9,11-13H,10H2,1-4H3/q-1/b17-11+. The molecule has 0 atom stereocenters. The van der Waals surface area contributed by atoms with Gasteiger partial charge in [-0.15, -0.1) is 5.69 Å². The highest BCUT2D eigenvalue weighted by Crippen LogP contribution is 2.42. The molecule has 2 aliphatic carbocycles. The van der Waals surface area contributed by atoms with Crippen LogP contribution < -0.4 is 4.98 Å². The average molecular weight is 276 g/mol. The molecule has 0 amide bonds. The Morgan fingerprint density at radius 3 is 2.67 bits per heavy atom. The molecule has 0 N–H and O–H groups in total. The lowest BCUT2D eigenvalue weighted by molar-refractivity contribution is 0.791. The van der Waals surface area contributed by atoms with Crippen molar-refractivity contribution in [3.8, 4) is 0 Å². The van der Waals surface area contributed by atoms with Crippen LogP contribution in [0.25, 0.3) is 6.08 Å². The van der Waals surface area contributed by atoms with Crippen LogP contribution >= 0.6 is 0 Å². The van der Waals surface area contributed by atoms with Crippen molar-refractivity contribution in [2.75, 3.05) is 0 Å². The van der Waals surface area contributed by atoms with Crippen molar-refractivity contribution in [3.63, 3.8) is 0 Å². The molecule has 1 heterocycles. The van der Waals surface area contributed by atoms with Crippen LogP contribution in [-0.4, -0.2) is 0 Å². The average Bonchev–Trinajstić information content (AvgIpc) is 2.98. The Hall–Kier alpha value is -2.02. The van der Waals surface area contributed by atoms with Crippen LogP contribution in [0.5, 0.6) is 0 Å². The molecule has 21 heavy (non-hydrogen) atoms. The first kappa shape index (κ1) is 13.9. The van der Waals surface area contributed by atoms with E-state index in [2.05, 4.69) is 63.0 Å². The zero-order chi connectivity index (χ0) is 15.0. The van der Waals surface area contributed by atoms with Crippen molar-refractivity contribution in [1.29, 1.82) is 0 Å². The number of fused-ring (bicyclic) bond motifs is 1. The quantitative estimate of drug-likeness (QED) is 0.722. The highest BCUT2D eigenvalue weighted by atomic mass is 14.7. The summed E-state index contributed by atoms with van der Waals surface area (Å²) in [5.74, 6) is 0.554. The highest BCUT2D eigenvalue weighted by Gasteiger charge is 2.23. The van der Waals surface area contributed by atoms with Crippen molar-refractivity contribution < 1.29 is 0 Å². The third kappa shape index (κ3) is 2.61. The van der Waals surface area contributed by atoms with E-state index in [4.69, 9.17) is 0 Å². The smallest absolute Gasteiger partial charge is 0.00548 e. The summed E-state index contributed by atoms with van der Waals surface area (Å²) < 4.78 is 0. The molecule has 2 aliphatic rings. The molecule has 0 unspecified atom stereocenters. The summed E-state index contributed by atoms with van der Waals surface area (Å²) in [4.78, 5) is 4.38. The molecule has 1 heteroatoms. The van der Waals surface area contributed by atoms with Crippen LogP contribution in [0.2, 0.25) is 0 Å². The van der Waals surface area contributed by atoms with Crippen molar-refractivity contribution in [3.05, 3.63) is 75.7 Å². The second-order valence-corrected chi connectivity index (χ2v) is 6.29. The van der Waals surface area contributed by atoms with Crippen molar-refractivity contribution in [2.45, 2.75) is 34.1 Å². The largest absolute Gasteiger partial charge is 0.664 e. The summed E-state index contributed by atoms with van der Waals surface area (Å²) in [6.07, 6.45) is 12.0. The topological polar surface area (TPSA) is 14.1 Å². The van der Waals surface area contributed by atoms with Gasteiger partial charge in [-0.2, -0.15) is 6.20 Å². The normalized spacial score (nSPS) is 20.4. The van der Waals surface area contributed by atoms with E-state index in [-0.39, 0.29) is 0 Å². The number of rotatable bonds is 2. The highest BCUT2D eigenvalue weighted by molar-refractivity contribution is 5.72. The molecule has 1 aromatic heterocycles. The Morgan fingerprint density at radius 1 is 1.19 bits per heavy atom. The summed E-state index contributed by atoms with van der Waals surface area (Å²) in [5, 5.41) is 0. The van der Waals surface area contributed by atoms with Gasteiger partial charge >= 0.3 is 0 Å². The summed E-state index contributed by atoms with van der Waals surface area (Å²) >= 11 is 0. The Morgan fingerprint density at radius 2 is 2.00 bits per heavy atom. The lowest BCUT2D eigenvalue weighted by Gasteiger charge is -2.09. The van der Waals surface area contributed by atoms with E-state index in [1.807, 2.05) is 12.3 Å². The van der Waals surface area contributed by atoms with E-state index in [1.165, 1.54) is 33.4 Å². The van der Waals surface area contributed by atoms with Gasteiger partial charge in [0.25, 0.3) is 0 Å².